The Hall–Kier alpha value is -1.51. The summed E-state index contributed by atoms with van der Waals surface area (Å²) in [6.45, 7) is 0. The molecule has 0 aliphatic heterocycles. The zero-order chi connectivity index (χ0) is 15.7. The van der Waals surface area contributed by atoms with Crippen LogP contribution < -0.4 is 5.32 Å². The van der Waals surface area contributed by atoms with Crippen LogP contribution in [0, 0.1) is 0 Å². The summed E-state index contributed by atoms with van der Waals surface area (Å²) in [5.41, 5.74) is -2.09. The van der Waals surface area contributed by atoms with Crippen molar-refractivity contribution in [1.82, 2.24) is 0 Å². The molecule has 2 nitrogen and oxygen atoms in total. The van der Waals surface area contributed by atoms with E-state index in [0.29, 0.717) is 12.1 Å². The summed E-state index contributed by atoms with van der Waals surface area (Å²) in [6, 6.07) is 1.50. The van der Waals surface area contributed by atoms with Crippen LogP contribution in [0.25, 0.3) is 0 Å². The molecule has 0 aromatic heterocycles. The summed E-state index contributed by atoms with van der Waals surface area (Å²) in [4.78, 5) is 10.9. The Balaban J connectivity index is 3.05. The number of nitrogens with one attached hydrogen (secondary N) is 1. The fraction of sp³-hybridized carbons (Fsp3) is 0.300. The van der Waals surface area contributed by atoms with Gasteiger partial charge < -0.3 is 5.32 Å². The number of hydrogen-bond donors (Lipinski definition) is 1. The summed E-state index contributed by atoms with van der Waals surface area (Å²) >= 11 is 5.33. The Labute approximate surface area is 112 Å². The fourth-order valence-electron chi connectivity index (χ4n) is 1.14. The quantitative estimate of drug-likeness (QED) is 0.830. The standard InChI is InChI=1S/C10H5ClF7NO/c11-5-1-4(10(16,17)18)2-6(3-5)19-8(20)9(14,15)7(12)13/h1-3,7H,(H,19,20). The number of alkyl halides is 7. The van der Waals surface area contributed by atoms with Gasteiger partial charge >= 0.3 is 24.4 Å². The van der Waals surface area contributed by atoms with E-state index in [9.17, 15) is 35.5 Å². The Bertz CT molecular complexity index is 515. The first-order valence-electron chi connectivity index (χ1n) is 4.80. The van der Waals surface area contributed by atoms with Crippen LogP contribution in [0.4, 0.5) is 36.4 Å². The predicted octanol–water partition coefficient (Wildman–Crippen LogP) is 4.20. The molecule has 0 heterocycles. The maximum atomic E-state index is 12.6. The van der Waals surface area contributed by atoms with Crippen molar-refractivity contribution in [2.75, 3.05) is 5.32 Å². The molecule has 0 fully saturated rings. The molecule has 0 radical (unpaired) electrons. The number of hydrogen-bond acceptors (Lipinski definition) is 1. The van der Waals surface area contributed by atoms with Crippen molar-refractivity contribution in [3.8, 4) is 0 Å². The minimum absolute atomic E-state index is 0.297. The average molecular weight is 324 g/mol. The zero-order valence-electron chi connectivity index (χ0n) is 9.24. The monoisotopic (exact) mass is 323 g/mol. The molecular weight excluding hydrogens is 319 g/mol. The van der Waals surface area contributed by atoms with E-state index in [2.05, 4.69) is 0 Å². The van der Waals surface area contributed by atoms with Crippen molar-refractivity contribution in [3.63, 3.8) is 0 Å². The SMILES string of the molecule is O=C(Nc1cc(Cl)cc(C(F)(F)F)c1)C(F)(F)C(F)F. The van der Waals surface area contributed by atoms with Gasteiger partial charge in [0, 0.05) is 10.7 Å². The van der Waals surface area contributed by atoms with Crippen LogP contribution in [0.3, 0.4) is 0 Å². The molecule has 0 unspecified atom stereocenters. The Kier molecular flexibility index (Phi) is 4.52. The number of halogens is 8. The lowest BCUT2D eigenvalue weighted by molar-refractivity contribution is -0.163. The molecule has 1 N–H and O–H groups in total. The Morgan fingerprint density at radius 2 is 1.65 bits per heavy atom. The van der Waals surface area contributed by atoms with Gasteiger partial charge in [0.15, 0.2) is 0 Å². The van der Waals surface area contributed by atoms with Gasteiger partial charge in [0.25, 0.3) is 0 Å². The molecule has 0 spiro atoms. The number of amides is 1. The van der Waals surface area contributed by atoms with Gasteiger partial charge in [-0.2, -0.15) is 22.0 Å². The molecule has 1 aromatic rings. The summed E-state index contributed by atoms with van der Waals surface area (Å²) in [7, 11) is 0. The molecule has 0 bridgehead atoms. The smallest absolute Gasteiger partial charge is 0.321 e. The van der Waals surface area contributed by atoms with Crippen molar-refractivity contribution in [3.05, 3.63) is 28.8 Å². The zero-order valence-corrected chi connectivity index (χ0v) is 10.00. The van der Waals surface area contributed by atoms with Gasteiger partial charge in [0.2, 0.25) is 0 Å². The molecule has 0 atom stereocenters. The van der Waals surface area contributed by atoms with E-state index in [0.717, 1.165) is 6.07 Å². The van der Waals surface area contributed by atoms with Gasteiger partial charge in [-0.15, -0.1) is 0 Å². The van der Waals surface area contributed by atoms with E-state index in [1.807, 2.05) is 0 Å². The molecule has 1 rings (SSSR count). The largest absolute Gasteiger partial charge is 0.416 e. The second-order valence-corrected chi connectivity index (χ2v) is 4.04. The van der Waals surface area contributed by atoms with E-state index >= 15 is 0 Å². The highest BCUT2D eigenvalue weighted by Gasteiger charge is 2.49. The predicted molar refractivity (Wildman–Crippen MR) is 56.0 cm³/mol. The van der Waals surface area contributed by atoms with E-state index in [4.69, 9.17) is 11.6 Å². The third-order valence-corrected chi connectivity index (χ3v) is 2.28. The number of benzene rings is 1. The number of rotatable bonds is 3. The summed E-state index contributed by atoms with van der Waals surface area (Å²) in [6.07, 6.45) is -9.13. The van der Waals surface area contributed by atoms with Crippen LogP contribution in [0.1, 0.15) is 5.56 Å². The maximum absolute atomic E-state index is 12.6. The minimum atomic E-state index is -5.03. The third-order valence-electron chi connectivity index (χ3n) is 2.06. The molecule has 0 saturated carbocycles. The van der Waals surface area contributed by atoms with Crippen molar-refractivity contribution in [2.45, 2.75) is 18.5 Å². The van der Waals surface area contributed by atoms with E-state index in [-0.39, 0.29) is 0 Å². The van der Waals surface area contributed by atoms with E-state index in [1.165, 1.54) is 5.32 Å². The highest BCUT2D eigenvalue weighted by atomic mass is 35.5. The highest BCUT2D eigenvalue weighted by molar-refractivity contribution is 6.31. The van der Waals surface area contributed by atoms with Gasteiger partial charge in [0.05, 0.1) is 5.56 Å². The van der Waals surface area contributed by atoms with Gasteiger partial charge in [0.1, 0.15) is 0 Å². The Morgan fingerprint density at radius 1 is 1.10 bits per heavy atom. The molecule has 112 valence electrons. The van der Waals surface area contributed by atoms with E-state index < -0.39 is 40.7 Å². The van der Waals surface area contributed by atoms with Crippen LogP contribution in [-0.2, 0) is 11.0 Å². The van der Waals surface area contributed by atoms with Gasteiger partial charge in [-0.25, -0.2) is 8.78 Å². The van der Waals surface area contributed by atoms with Crippen molar-refractivity contribution in [2.24, 2.45) is 0 Å². The van der Waals surface area contributed by atoms with Gasteiger partial charge in [-0.3, -0.25) is 4.79 Å². The van der Waals surface area contributed by atoms with Crippen molar-refractivity contribution in [1.29, 1.82) is 0 Å². The van der Waals surface area contributed by atoms with E-state index in [1.54, 1.807) is 0 Å². The summed E-state index contributed by atoms with van der Waals surface area (Å²) in [5, 5.41) is 0.759. The fourth-order valence-corrected chi connectivity index (χ4v) is 1.37. The van der Waals surface area contributed by atoms with Crippen LogP contribution in [0.15, 0.2) is 18.2 Å². The van der Waals surface area contributed by atoms with Crippen LogP contribution >= 0.6 is 11.6 Å². The number of carbonyl (C=O) groups excluding carboxylic acids is 1. The average Bonchev–Trinajstić information content (AvgIpc) is 2.26. The van der Waals surface area contributed by atoms with Gasteiger partial charge in [-0.1, -0.05) is 11.6 Å². The molecule has 1 aromatic carbocycles. The maximum Gasteiger partial charge on any atom is 0.416 e. The first-order valence-corrected chi connectivity index (χ1v) is 5.17. The lowest BCUT2D eigenvalue weighted by Crippen LogP contribution is -2.41. The van der Waals surface area contributed by atoms with Crippen molar-refractivity contribution >= 4 is 23.2 Å². The first-order chi connectivity index (χ1) is 8.94. The number of carbonyl (C=O) groups is 1. The first kappa shape index (κ1) is 16.5. The third kappa shape index (κ3) is 3.75. The highest BCUT2D eigenvalue weighted by Crippen LogP contribution is 2.34. The molecule has 1 amide bonds. The Morgan fingerprint density at radius 3 is 2.10 bits per heavy atom. The lowest BCUT2D eigenvalue weighted by atomic mass is 10.2. The summed E-state index contributed by atoms with van der Waals surface area (Å²) in [5.74, 6) is -7.45. The van der Waals surface area contributed by atoms with Crippen molar-refractivity contribution < 1.29 is 35.5 Å². The van der Waals surface area contributed by atoms with Crippen LogP contribution in [-0.4, -0.2) is 18.3 Å². The molecule has 0 aliphatic rings. The van der Waals surface area contributed by atoms with Crippen LogP contribution in [0.2, 0.25) is 5.02 Å². The second kappa shape index (κ2) is 5.47. The molecule has 10 heteroatoms. The topological polar surface area (TPSA) is 29.1 Å². The van der Waals surface area contributed by atoms with Crippen LogP contribution in [0.5, 0.6) is 0 Å². The molecule has 0 aliphatic carbocycles. The normalized spacial score (nSPS) is 12.7. The summed E-state index contributed by atoms with van der Waals surface area (Å²) < 4.78 is 86.3. The van der Waals surface area contributed by atoms with Gasteiger partial charge in [-0.05, 0) is 18.2 Å². The second-order valence-electron chi connectivity index (χ2n) is 3.60. The molecule has 0 saturated heterocycles. The minimum Gasteiger partial charge on any atom is -0.321 e. The molecule has 20 heavy (non-hydrogen) atoms. The molecular formula is C10H5ClF7NO. The lowest BCUT2D eigenvalue weighted by Gasteiger charge is -2.16. The number of anilines is 1.